The first-order chi connectivity index (χ1) is 8.20. The van der Waals surface area contributed by atoms with Crippen molar-refractivity contribution >= 4 is 5.69 Å². The van der Waals surface area contributed by atoms with Crippen molar-refractivity contribution in [3.63, 3.8) is 0 Å². The van der Waals surface area contributed by atoms with E-state index >= 15 is 0 Å². The number of hydrogen-bond acceptors (Lipinski definition) is 3. The highest BCUT2D eigenvalue weighted by Crippen LogP contribution is 2.14. The van der Waals surface area contributed by atoms with Gasteiger partial charge in [0.2, 0.25) is 0 Å². The van der Waals surface area contributed by atoms with Crippen molar-refractivity contribution in [1.82, 2.24) is 14.8 Å². The maximum atomic E-state index is 5.93. The van der Waals surface area contributed by atoms with E-state index in [2.05, 4.69) is 17.0 Å². The molecular weight excluding hydrogens is 212 g/mol. The van der Waals surface area contributed by atoms with Crippen LogP contribution in [0.3, 0.4) is 0 Å². The summed E-state index contributed by atoms with van der Waals surface area (Å²) in [7, 11) is 1.93. The van der Waals surface area contributed by atoms with Crippen molar-refractivity contribution in [2.45, 2.75) is 26.2 Å². The summed E-state index contributed by atoms with van der Waals surface area (Å²) in [6.07, 6.45) is 2.73. The number of hydrogen-bond donors (Lipinski definition) is 1. The van der Waals surface area contributed by atoms with Crippen molar-refractivity contribution in [1.29, 1.82) is 0 Å². The molecule has 0 amide bonds. The summed E-state index contributed by atoms with van der Waals surface area (Å²) < 4.78 is 1.84. The minimum absolute atomic E-state index is 0.736. The lowest BCUT2D eigenvalue weighted by Gasteiger charge is -2.03. The summed E-state index contributed by atoms with van der Waals surface area (Å²) >= 11 is 0. The minimum Gasteiger partial charge on any atom is -0.398 e. The molecule has 2 rings (SSSR count). The van der Waals surface area contributed by atoms with Crippen molar-refractivity contribution in [3.05, 3.63) is 41.5 Å². The van der Waals surface area contributed by atoms with Gasteiger partial charge in [0.25, 0.3) is 0 Å². The van der Waals surface area contributed by atoms with Gasteiger partial charge in [-0.2, -0.15) is 5.10 Å². The zero-order chi connectivity index (χ0) is 12.3. The van der Waals surface area contributed by atoms with Crippen LogP contribution in [-0.2, 0) is 19.9 Å². The summed E-state index contributed by atoms with van der Waals surface area (Å²) in [4.78, 5) is 4.53. The van der Waals surface area contributed by atoms with Crippen LogP contribution in [0.25, 0.3) is 0 Å². The molecule has 17 heavy (non-hydrogen) atoms. The Balaban J connectivity index is 2.21. The maximum absolute atomic E-state index is 5.93. The molecule has 4 nitrogen and oxygen atoms in total. The fourth-order valence-electron chi connectivity index (χ4n) is 1.82. The second-order valence-corrected chi connectivity index (χ2v) is 4.19. The lowest BCUT2D eigenvalue weighted by Crippen LogP contribution is -2.02. The fourth-order valence-corrected chi connectivity index (χ4v) is 1.82. The smallest absolute Gasteiger partial charge is 0.150 e. The fraction of sp³-hybridized carbons (Fsp3) is 0.385. The number of aryl methyl sites for hydroxylation is 2. The molecule has 4 heteroatoms. The molecule has 0 saturated carbocycles. The standard InChI is InChI=1S/C13H18N4/c1-3-6-12-15-13(17(2)16-12)9-10-7-4-5-8-11(10)14/h4-5,7-8H,3,6,9,14H2,1-2H3. The van der Waals surface area contributed by atoms with Gasteiger partial charge < -0.3 is 5.73 Å². The molecule has 2 N–H and O–H groups in total. The van der Waals surface area contributed by atoms with Crippen LogP contribution in [0.1, 0.15) is 30.6 Å². The van der Waals surface area contributed by atoms with Crippen molar-refractivity contribution in [3.8, 4) is 0 Å². The highest BCUT2D eigenvalue weighted by Gasteiger charge is 2.08. The largest absolute Gasteiger partial charge is 0.398 e. The van der Waals surface area contributed by atoms with Crippen molar-refractivity contribution in [2.24, 2.45) is 7.05 Å². The van der Waals surface area contributed by atoms with Crippen LogP contribution < -0.4 is 5.73 Å². The van der Waals surface area contributed by atoms with Gasteiger partial charge in [-0.15, -0.1) is 0 Å². The molecule has 0 unspecified atom stereocenters. The van der Waals surface area contributed by atoms with Crippen LogP contribution in [0.5, 0.6) is 0 Å². The van der Waals surface area contributed by atoms with E-state index in [4.69, 9.17) is 5.73 Å². The van der Waals surface area contributed by atoms with E-state index in [1.165, 1.54) is 0 Å². The first-order valence-corrected chi connectivity index (χ1v) is 5.93. The van der Waals surface area contributed by atoms with E-state index in [1.54, 1.807) is 0 Å². The number of nitrogen functional groups attached to an aromatic ring is 1. The molecule has 0 atom stereocenters. The Hall–Kier alpha value is -1.84. The summed E-state index contributed by atoms with van der Waals surface area (Å²) in [5, 5.41) is 4.39. The zero-order valence-electron chi connectivity index (χ0n) is 10.3. The SMILES string of the molecule is CCCc1nc(Cc2ccccc2N)n(C)n1. The average molecular weight is 230 g/mol. The van der Waals surface area contributed by atoms with E-state index in [-0.39, 0.29) is 0 Å². The summed E-state index contributed by atoms with van der Waals surface area (Å²) in [5.41, 5.74) is 7.84. The van der Waals surface area contributed by atoms with Crippen LogP contribution in [-0.4, -0.2) is 14.8 Å². The molecule has 0 radical (unpaired) electrons. The number of nitrogens with two attached hydrogens (primary N) is 1. The lowest BCUT2D eigenvalue weighted by atomic mass is 10.1. The van der Waals surface area contributed by atoms with Crippen LogP contribution in [0.15, 0.2) is 24.3 Å². The van der Waals surface area contributed by atoms with Crippen LogP contribution in [0.4, 0.5) is 5.69 Å². The van der Waals surface area contributed by atoms with Gasteiger partial charge in [-0.25, -0.2) is 4.98 Å². The predicted molar refractivity (Wildman–Crippen MR) is 68.7 cm³/mol. The summed E-state index contributed by atoms with van der Waals surface area (Å²) in [5.74, 6) is 1.88. The first kappa shape index (κ1) is 11.6. The molecule has 1 aromatic carbocycles. The molecule has 0 aliphatic rings. The number of nitrogens with zero attached hydrogens (tertiary/aromatic N) is 3. The number of benzene rings is 1. The molecular formula is C13H18N4. The van der Waals surface area contributed by atoms with Crippen LogP contribution >= 0.6 is 0 Å². The van der Waals surface area contributed by atoms with Gasteiger partial charge in [-0.3, -0.25) is 4.68 Å². The van der Waals surface area contributed by atoms with Crippen LogP contribution in [0, 0.1) is 0 Å². The summed E-state index contributed by atoms with van der Waals surface area (Å²) in [6.45, 7) is 2.13. The van der Waals surface area contributed by atoms with Gasteiger partial charge in [-0.05, 0) is 18.1 Å². The molecule has 1 aromatic heterocycles. The van der Waals surface area contributed by atoms with E-state index in [0.29, 0.717) is 0 Å². The van der Waals surface area contributed by atoms with Gasteiger partial charge >= 0.3 is 0 Å². The van der Waals surface area contributed by atoms with E-state index in [1.807, 2.05) is 36.0 Å². The molecule has 2 aromatic rings. The Kier molecular flexibility index (Phi) is 3.42. The molecule has 0 spiro atoms. The number of para-hydroxylation sites is 1. The van der Waals surface area contributed by atoms with E-state index < -0.39 is 0 Å². The quantitative estimate of drug-likeness (QED) is 0.817. The van der Waals surface area contributed by atoms with Gasteiger partial charge in [0, 0.05) is 25.6 Å². The zero-order valence-corrected chi connectivity index (χ0v) is 10.3. The second-order valence-electron chi connectivity index (χ2n) is 4.19. The third kappa shape index (κ3) is 2.64. The van der Waals surface area contributed by atoms with Crippen LogP contribution in [0.2, 0.25) is 0 Å². The number of rotatable bonds is 4. The Labute approximate surface area is 101 Å². The normalized spacial score (nSPS) is 10.7. The molecule has 1 heterocycles. The number of anilines is 1. The van der Waals surface area contributed by atoms with Gasteiger partial charge in [0.15, 0.2) is 5.82 Å². The minimum atomic E-state index is 0.736. The third-order valence-electron chi connectivity index (χ3n) is 2.77. The number of aromatic nitrogens is 3. The predicted octanol–water partition coefficient (Wildman–Crippen LogP) is 1.94. The van der Waals surface area contributed by atoms with Crippen molar-refractivity contribution < 1.29 is 0 Å². The topological polar surface area (TPSA) is 56.7 Å². The molecule has 0 aliphatic heterocycles. The summed E-state index contributed by atoms with van der Waals surface area (Å²) in [6, 6.07) is 7.88. The molecule has 0 bridgehead atoms. The average Bonchev–Trinajstić information content (AvgIpc) is 2.63. The third-order valence-corrected chi connectivity index (χ3v) is 2.77. The monoisotopic (exact) mass is 230 g/mol. The van der Waals surface area contributed by atoms with E-state index in [9.17, 15) is 0 Å². The van der Waals surface area contributed by atoms with Gasteiger partial charge in [-0.1, -0.05) is 25.1 Å². The Morgan fingerprint density at radius 3 is 2.76 bits per heavy atom. The molecule has 0 fully saturated rings. The van der Waals surface area contributed by atoms with E-state index in [0.717, 1.165) is 42.2 Å². The Bertz CT molecular complexity index is 502. The van der Waals surface area contributed by atoms with Crippen molar-refractivity contribution in [2.75, 3.05) is 5.73 Å². The van der Waals surface area contributed by atoms with Gasteiger partial charge in [0.05, 0.1) is 0 Å². The highest BCUT2D eigenvalue weighted by atomic mass is 15.3. The molecule has 90 valence electrons. The first-order valence-electron chi connectivity index (χ1n) is 5.93. The highest BCUT2D eigenvalue weighted by molar-refractivity contribution is 5.47. The second kappa shape index (κ2) is 4.99. The Morgan fingerprint density at radius 2 is 2.06 bits per heavy atom. The lowest BCUT2D eigenvalue weighted by molar-refractivity contribution is 0.702. The Morgan fingerprint density at radius 1 is 1.29 bits per heavy atom. The maximum Gasteiger partial charge on any atom is 0.150 e. The van der Waals surface area contributed by atoms with Gasteiger partial charge in [0.1, 0.15) is 5.82 Å². The molecule has 0 saturated heterocycles. The molecule has 0 aliphatic carbocycles.